The maximum atomic E-state index is 9.07. The van der Waals surface area contributed by atoms with Crippen LogP contribution in [0.25, 0.3) is 0 Å². The van der Waals surface area contributed by atoms with E-state index in [1.165, 1.54) is 5.57 Å². The molecule has 0 spiro atoms. The van der Waals surface area contributed by atoms with Crippen molar-refractivity contribution in [3.63, 3.8) is 0 Å². The molecule has 0 amide bonds. The summed E-state index contributed by atoms with van der Waals surface area (Å²) < 4.78 is 0. The minimum atomic E-state index is 0.292. The molecule has 2 unspecified atom stereocenters. The largest absolute Gasteiger partial charge is 0.396 e. The van der Waals surface area contributed by atoms with Crippen molar-refractivity contribution in [2.75, 3.05) is 19.7 Å². The van der Waals surface area contributed by atoms with E-state index in [1.54, 1.807) is 0 Å². The van der Waals surface area contributed by atoms with E-state index in [9.17, 15) is 0 Å². The lowest BCUT2D eigenvalue weighted by atomic mass is 9.88. The van der Waals surface area contributed by atoms with Crippen molar-refractivity contribution in [3.05, 3.63) is 12.2 Å². The van der Waals surface area contributed by atoms with Crippen LogP contribution in [0.5, 0.6) is 0 Å². The van der Waals surface area contributed by atoms with Crippen molar-refractivity contribution in [1.29, 1.82) is 0 Å². The van der Waals surface area contributed by atoms with E-state index in [-0.39, 0.29) is 0 Å². The van der Waals surface area contributed by atoms with Crippen LogP contribution in [0.15, 0.2) is 12.2 Å². The number of hydrogen-bond acceptors (Lipinski definition) is 2. The molecule has 0 bridgehead atoms. The third-order valence-electron chi connectivity index (χ3n) is 2.67. The van der Waals surface area contributed by atoms with Crippen LogP contribution in [0.2, 0.25) is 0 Å². The maximum Gasteiger partial charge on any atom is 0.0477 e. The highest BCUT2D eigenvalue weighted by atomic mass is 16.3. The Morgan fingerprint density at radius 3 is 2.92 bits per heavy atom. The topological polar surface area (TPSA) is 32.3 Å². The van der Waals surface area contributed by atoms with Crippen molar-refractivity contribution < 1.29 is 5.11 Å². The Balaban J connectivity index is 2.43. The molecular formula is C10H19NO. The number of aliphatic hydroxyl groups is 1. The van der Waals surface area contributed by atoms with Crippen LogP contribution in [0.3, 0.4) is 0 Å². The van der Waals surface area contributed by atoms with E-state index in [0.29, 0.717) is 18.4 Å². The van der Waals surface area contributed by atoms with E-state index in [1.807, 2.05) is 0 Å². The summed E-state index contributed by atoms with van der Waals surface area (Å²) in [6.45, 7) is 8.49. The molecule has 0 aliphatic carbocycles. The molecule has 2 N–H and O–H groups in total. The average Bonchev–Trinajstić information content (AvgIpc) is 2.51. The summed E-state index contributed by atoms with van der Waals surface area (Å²) in [5.74, 6) is 0.916. The lowest BCUT2D eigenvalue weighted by Crippen LogP contribution is -2.17. The molecular weight excluding hydrogens is 150 g/mol. The first-order chi connectivity index (χ1) is 5.79. The Morgan fingerprint density at radius 1 is 1.58 bits per heavy atom. The quantitative estimate of drug-likeness (QED) is 0.619. The van der Waals surface area contributed by atoms with Crippen molar-refractivity contribution in [1.82, 2.24) is 5.32 Å². The third-order valence-corrected chi connectivity index (χ3v) is 2.67. The fourth-order valence-electron chi connectivity index (χ4n) is 1.91. The summed E-state index contributed by atoms with van der Waals surface area (Å²) in [6, 6.07) is 0. The Bertz CT molecular complexity index is 156. The van der Waals surface area contributed by atoms with Gasteiger partial charge < -0.3 is 10.4 Å². The Morgan fingerprint density at radius 2 is 2.33 bits per heavy atom. The fourth-order valence-corrected chi connectivity index (χ4v) is 1.91. The highest BCUT2D eigenvalue weighted by Crippen LogP contribution is 2.25. The van der Waals surface area contributed by atoms with Gasteiger partial charge >= 0.3 is 0 Å². The monoisotopic (exact) mass is 169 g/mol. The maximum absolute atomic E-state index is 9.07. The minimum absolute atomic E-state index is 0.292. The zero-order valence-electron chi connectivity index (χ0n) is 7.84. The van der Waals surface area contributed by atoms with Gasteiger partial charge in [0.05, 0.1) is 0 Å². The molecule has 0 aromatic rings. The molecule has 0 saturated carbocycles. The predicted octanol–water partition coefficient (Wildman–Crippen LogP) is 1.17. The number of hydrogen-bond donors (Lipinski definition) is 2. The second kappa shape index (κ2) is 4.63. The summed E-state index contributed by atoms with van der Waals surface area (Å²) >= 11 is 0. The van der Waals surface area contributed by atoms with Gasteiger partial charge in [-0.25, -0.2) is 0 Å². The summed E-state index contributed by atoms with van der Waals surface area (Å²) in [5.41, 5.74) is 1.31. The van der Waals surface area contributed by atoms with Gasteiger partial charge in [0.15, 0.2) is 0 Å². The Kier molecular flexibility index (Phi) is 3.76. The second-order valence-corrected chi connectivity index (χ2v) is 3.62. The normalized spacial score (nSPS) is 29.2. The van der Waals surface area contributed by atoms with E-state index < -0.39 is 0 Å². The SMILES string of the molecule is C=C(CCC)C1CNCC1CO. The summed E-state index contributed by atoms with van der Waals surface area (Å²) in [6.07, 6.45) is 2.26. The van der Waals surface area contributed by atoms with Gasteiger partial charge in [0, 0.05) is 25.6 Å². The summed E-state index contributed by atoms with van der Waals surface area (Å²) in [7, 11) is 0. The van der Waals surface area contributed by atoms with Crippen molar-refractivity contribution in [2.24, 2.45) is 11.8 Å². The van der Waals surface area contributed by atoms with Gasteiger partial charge in [0.25, 0.3) is 0 Å². The smallest absolute Gasteiger partial charge is 0.0477 e. The summed E-state index contributed by atoms with van der Waals surface area (Å²) in [5, 5.41) is 12.4. The zero-order chi connectivity index (χ0) is 8.97. The van der Waals surface area contributed by atoms with Crippen molar-refractivity contribution >= 4 is 0 Å². The van der Waals surface area contributed by atoms with Gasteiger partial charge in [-0.1, -0.05) is 25.5 Å². The van der Waals surface area contributed by atoms with Gasteiger partial charge in [-0.15, -0.1) is 0 Å². The molecule has 2 atom stereocenters. The van der Waals surface area contributed by atoms with Gasteiger partial charge in [0.2, 0.25) is 0 Å². The van der Waals surface area contributed by atoms with Gasteiger partial charge in [-0.2, -0.15) is 0 Å². The molecule has 1 aliphatic heterocycles. The lowest BCUT2D eigenvalue weighted by Gasteiger charge is -2.18. The van der Waals surface area contributed by atoms with Crippen LogP contribution in [-0.4, -0.2) is 24.8 Å². The van der Waals surface area contributed by atoms with E-state index in [2.05, 4.69) is 18.8 Å². The highest BCUT2D eigenvalue weighted by Gasteiger charge is 2.27. The van der Waals surface area contributed by atoms with Crippen LogP contribution < -0.4 is 5.32 Å². The first-order valence-electron chi connectivity index (χ1n) is 4.78. The molecule has 1 fully saturated rings. The van der Waals surface area contributed by atoms with E-state index in [4.69, 9.17) is 5.11 Å². The first-order valence-corrected chi connectivity index (χ1v) is 4.78. The molecule has 2 heteroatoms. The van der Waals surface area contributed by atoms with Gasteiger partial charge in [-0.05, 0) is 12.3 Å². The van der Waals surface area contributed by atoms with Crippen LogP contribution in [0.1, 0.15) is 19.8 Å². The Hall–Kier alpha value is -0.340. The summed E-state index contributed by atoms with van der Waals surface area (Å²) in [4.78, 5) is 0. The van der Waals surface area contributed by atoms with E-state index in [0.717, 1.165) is 25.9 Å². The van der Waals surface area contributed by atoms with Crippen LogP contribution >= 0.6 is 0 Å². The van der Waals surface area contributed by atoms with Crippen LogP contribution in [0.4, 0.5) is 0 Å². The molecule has 0 aromatic carbocycles. The zero-order valence-corrected chi connectivity index (χ0v) is 7.84. The fraction of sp³-hybridized carbons (Fsp3) is 0.800. The average molecular weight is 169 g/mol. The highest BCUT2D eigenvalue weighted by molar-refractivity contribution is 5.06. The molecule has 1 heterocycles. The van der Waals surface area contributed by atoms with Gasteiger partial charge in [-0.3, -0.25) is 0 Å². The predicted molar refractivity (Wildman–Crippen MR) is 51.0 cm³/mol. The van der Waals surface area contributed by atoms with Crippen LogP contribution in [0, 0.1) is 11.8 Å². The molecule has 2 nitrogen and oxygen atoms in total. The number of aliphatic hydroxyl groups excluding tert-OH is 1. The molecule has 1 saturated heterocycles. The number of nitrogens with one attached hydrogen (secondary N) is 1. The van der Waals surface area contributed by atoms with Crippen LogP contribution in [-0.2, 0) is 0 Å². The van der Waals surface area contributed by atoms with Crippen molar-refractivity contribution in [2.45, 2.75) is 19.8 Å². The standard InChI is InChI=1S/C10H19NO/c1-3-4-8(2)10-6-11-5-9(10)7-12/h9-12H,2-7H2,1H3. The number of rotatable bonds is 4. The van der Waals surface area contributed by atoms with Crippen molar-refractivity contribution in [3.8, 4) is 0 Å². The second-order valence-electron chi connectivity index (χ2n) is 3.62. The minimum Gasteiger partial charge on any atom is -0.396 e. The molecule has 0 aromatic heterocycles. The molecule has 1 aliphatic rings. The molecule has 12 heavy (non-hydrogen) atoms. The lowest BCUT2D eigenvalue weighted by molar-refractivity contribution is 0.215. The van der Waals surface area contributed by atoms with E-state index >= 15 is 0 Å². The third kappa shape index (κ3) is 2.08. The Labute approximate surface area is 74.7 Å². The first kappa shape index (κ1) is 9.75. The molecule has 1 rings (SSSR count). The molecule has 70 valence electrons. The molecule has 0 radical (unpaired) electrons. The van der Waals surface area contributed by atoms with Gasteiger partial charge in [0.1, 0.15) is 0 Å².